The summed E-state index contributed by atoms with van der Waals surface area (Å²) in [6, 6.07) is 11.2. The molecule has 22 heavy (non-hydrogen) atoms. The molecular formula is C17H18FNO3. The number of nitrogens with one attached hydrogen (secondary N) is 1. The van der Waals surface area contributed by atoms with Gasteiger partial charge >= 0.3 is 0 Å². The minimum absolute atomic E-state index is 0.00144. The Hall–Kier alpha value is -2.40. The monoisotopic (exact) mass is 303 g/mol. The number of halogens is 1. The van der Waals surface area contributed by atoms with Crippen LogP contribution in [-0.2, 0) is 0 Å². The van der Waals surface area contributed by atoms with Crippen molar-refractivity contribution in [3.05, 3.63) is 65.0 Å². The topological polar surface area (TPSA) is 58.6 Å². The molecule has 2 aromatic carbocycles. The maximum atomic E-state index is 13.6. The molecule has 5 heteroatoms. The molecule has 2 N–H and O–H groups in total. The molecule has 0 aliphatic carbocycles. The lowest BCUT2D eigenvalue weighted by molar-refractivity contribution is 0.0912. The Labute approximate surface area is 128 Å². The minimum Gasteiger partial charge on any atom is -0.497 e. The van der Waals surface area contributed by atoms with Crippen LogP contribution in [0.3, 0.4) is 0 Å². The fourth-order valence-electron chi connectivity index (χ4n) is 2.04. The number of methoxy groups -OCH3 is 1. The van der Waals surface area contributed by atoms with Crippen LogP contribution in [0.15, 0.2) is 42.5 Å². The highest BCUT2D eigenvalue weighted by Crippen LogP contribution is 2.17. The zero-order valence-corrected chi connectivity index (χ0v) is 12.5. The molecule has 0 fully saturated rings. The fraction of sp³-hybridized carbons (Fsp3) is 0.235. The first-order chi connectivity index (χ1) is 10.5. The van der Waals surface area contributed by atoms with Gasteiger partial charge in [-0.15, -0.1) is 0 Å². The normalized spacial score (nSPS) is 11.8. The van der Waals surface area contributed by atoms with E-state index < -0.39 is 17.8 Å². The van der Waals surface area contributed by atoms with Gasteiger partial charge in [0.05, 0.1) is 18.8 Å². The molecule has 0 aromatic heterocycles. The van der Waals surface area contributed by atoms with Crippen LogP contribution in [0.1, 0.15) is 27.6 Å². The van der Waals surface area contributed by atoms with Gasteiger partial charge in [0.1, 0.15) is 11.6 Å². The van der Waals surface area contributed by atoms with Crippen LogP contribution >= 0.6 is 0 Å². The standard InChI is InChI=1S/C17H18FNO3/c1-11-3-8-15(18)14(9-11)17(21)19-10-16(20)12-4-6-13(22-2)7-5-12/h3-9,16,20H,10H2,1-2H3,(H,19,21). The lowest BCUT2D eigenvalue weighted by Gasteiger charge is -2.13. The highest BCUT2D eigenvalue weighted by atomic mass is 19.1. The fourth-order valence-corrected chi connectivity index (χ4v) is 2.04. The number of aryl methyl sites for hydroxylation is 1. The summed E-state index contributed by atoms with van der Waals surface area (Å²) in [6.07, 6.45) is -0.872. The molecule has 0 saturated carbocycles. The van der Waals surface area contributed by atoms with Crippen molar-refractivity contribution in [1.82, 2.24) is 5.32 Å². The Morgan fingerprint density at radius 3 is 2.59 bits per heavy atom. The van der Waals surface area contributed by atoms with Crippen molar-refractivity contribution in [2.75, 3.05) is 13.7 Å². The van der Waals surface area contributed by atoms with Crippen LogP contribution in [0, 0.1) is 12.7 Å². The Kier molecular flexibility index (Phi) is 5.12. The smallest absolute Gasteiger partial charge is 0.254 e. The number of aliphatic hydroxyl groups is 1. The van der Waals surface area contributed by atoms with Crippen LogP contribution in [-0.4, -0.2) is 24.7 Å². The molecule has 2 rings (SSSR count). The van der Waals surface area contributed by atoms with E-state index in [2.05, 4.69) is 5.32 Å². The van der Waals surface area contributed by atoms with Gasteiger partial charge < -0.3 is 15.2 Å². The van der Waals surface area contributed by atoms with Crippen molar-refractivity contribution >= 4 is 5.91 Å². The summed E-state index contributed by atoms with van der Waals surface area (Å²) < 4.78 is 18.6. The van der Waals surface area contributed by atoms with E-state index in [0.29, 0.717) is 11.3 Å². The van der Waals surface area contributed by atoms with Crippen molar-refractivity contribution in [1.29, 1.82) is 0 Å². The third-order valence-electron chi connectivity index (χ3n) is 3.32. The Morgan fingerprint density at radius 2 is 1.95 bits per heavy atom. The quantitative estimate of drug-likeness (QED) is 0.892. The van der Waals surface area contributed by atoms with E-state index in [9.17, 15) is 14.3 Å². The molecule has 0 aliphatic heterocycles. The summed E-state index contributed by atoms with van der Waals surface area (Å²) in [5, 5.41) is 12.6. The number of aliphatic hydroxyl groups excluding tert-OH is 1. The van der Waals surface area contributed by atoms with Crippen molar-refractivity contribution in [2.45, 2.75) is 13.0 Å². The van der Waals surface area contributed by atoms with Crippen LogP contribution in [0.4, 0.5) is 4.39 Å². The van der Waals surface area contributed by atoms with E-state index in [-0.39, 0.29) is 12.1 Å². The second-order valence-corrected chi connectivity index (χ2v) is 4.98. The second-order valence-electron chi connectivity index (χ2n) is 4.98. The number of ether oxygens (including phenoxy) is 1. The second kappa shape index (κ2) is 7.04. The van der Waals surface area contributed by atoms with Crippen LogP contribution < -0.4 is 10.1 Å². The Morgan fingerprint density at radius 1 is 1.27 bits per heavy atom. The first-order valence-electron chi connectivity index (χ1n) is 6.87. The summed E-state index contributed by atoms with van der Waals surface area (Å²) in [5.41, 5.74) is 1.41. The van der Waals surface area contributed by atoms with E-state index in [4.69, 9.17) is 4.74 Å². The third kappa shape index (κ3) is 3.83. The number of carbonyl (C=O) groups excluding carboxylic acids is 1. The summed E-state index contributed by atoms with van der Waals surface area (Å²) in [7, 11) is 1.56. The molecule has 0 aliphatic rings. The molecule has 116 valence electrons. The van der Waals surface area contributed by atoms with Gasteiger partial charge in [-0.2, -0.15) is 0 Å². The van der Waals surface area contributed by atoms with Crippen molar-refractivity contribution < 1.29 is 19.0 Å². The molecule has 2 aromatic rings. The zero-order chi connectivity index (χ0) is 16.1. The lowest BCUT2D eigenvalue weighted by Crippen LogP contribution is -2.29. The number of amides is 1. The van der Waals surface area contributed by atoms with Gasteiger partial charge in [-0.25, -0.2) is 4.39 Å². The highest BCUT2D eigenvalue weighted by molar-refractivity contribution is 5.94. The molecular weight excluding hydrogens is 285 g/mol. The number of rotatable bonds is 5. The van der Waals surface area contributed by atoms with Crippen molar-refractivity contribution in [3.8, 4) is 5.75 Å². The maximum Gasteiger partial charge on any atom is 0.254 e. The third-order valence-corrected chi connectivity index (χ3v) is 3.32. The predicted molar refractivity (Wildman–Crippen MR) is 81.4 cm³/mol. The molecule has 1 atom stereocenters. The average molecular weight is 303 g/mol. The molecule has 0 radical (unpaired) electrons. The SMILES string of the molecule is COc1ccc(C(O)CNC(=O)c2cc(C)ccc2F)cc1. The van der Waals surface area contributed by atoms with Crippen LogP contribution in [0.2, 0.25) is 0 Å². The van der Waals surface area contributed by atoms with Crippen LogP contribution in [0.25, 0.3) is 0 Å². The Balaban J connectivity index is 1.99. The van der Waals surface area contributed by atoms with Gasteiger partial charge in [0, 0.05) is 6.54 Å². The van der Waals surface area contributed by atoms with E-state index in [0.717, 1.165) is 5.56 Å². The first-order valence-corrected chi connectivity index (χ1v) is 6.87. The summed E-state index contributed by atoms with van der Waals surface area (Å²) >= 11 is 0. The van der Waals surface area contributed by atoms with E-state index >= 15 is 0 Å². The average Bonchev–Trinajstić information content (AvgIpc) is 2.54. The predicted octanol–water partition coefficient (Wildman–Crippen LogP) is 2.61. The zero-order valence-electron chi connectivity index (χ0n) is 12.5. The van der Waals surface area contributed by atoms with Crippen LogP contribution in [0.5, 0.6) is 5.75 Å². The number of carbonyl (C=O) groups is 1. The molecule has 1 unspecified atom stereocenters. The number of hydrogen-bond donors (Lipinski definition) is 2. The summed E-state index contributed by atoms with van der Waals surface area (Å²) in [5.74, 6) is -0.447. The van der Waals surface area contributed by atoms with E-state index in [1.165, 1.54) is 12.1 Å². The van der Waals surface area contributed by atoms with E-state index in [1.807, 2.05) is 0 Å². The van der Waals surface area contributed by atoms with Gasteiger partial charge in [-0.3, -0.25) is 4.79 Å². The van der Waals surface area contributed by atoms with Gasteiger partial charge in [-0.05, 0) is 36.8 Å². The molecule has 0 saturated heterocycles. The van der Waals surface area contributed by atoms with Crippen molar-refractivity contribution in [2.24, 2.45) is 0 Å². The Bertz CT molecular complexity index is 655. The number of benzene rings is 2. The molecule has 1 amide bonds. The molecule has 0 spiro atoms. The summed E-state index contributed by atoms with van der Waals surface area (Å²) in [6.45, 7) is 1.78. The van der Waals surface area contributed by atoms with Gasteiger partial charge in [0.25, 0.3) is 5.91 Å². The maximum absolute atomic E-state index is 13.6. The molecule has 0 bridgehead atoms. The number of hydrogen-bond acceptors (Lipinski definition) is 3. The van der Waals surface area contributed by atoms with Crippen molar-refractivity contribution in [3.63, 3.8) is 0 Å². The molecule has 4 nitrogen and oxygen atoms in total. The van der Waals surface area contributed by atoms with Gasteiger partial charge in [-0.1, -0.05) is 23.8 Å². The highest BCUT2D eigenvalue weighted by Gasteiger charge is 2.14. The largest absolute Gasteiger partial charge is 0.497 e. The molecule has 0 heterocycles. The first kappa shape index (κ1) is 16.0. The lowest BCUT2D eigenvalue weighted by atomic mass is 10.1. The van der Waals surface area contributed by atoms with E-state index in [1.54, 1.807) is 44.4 Å². The minimum atomic E-state index is -0.872. The van der Waals surface area contributed by atoms with Gasteiger partial charge in [0.15, 0.2) is 0 Å². The van der Waals surface area contributed by atoms with Gasteiger partial charge in [0.2, 0.25) is 0 Å². The summed E-state index contributed by atoms with van der Waals surface area (Å²) in [4.78, 5) is 12.0.